The van der Waals surface area contributed by atoms with Gasteiger partial charge in [-0.25, -0.2) is 13.6 Å². The smallest absolute Gasteiger partial charge is 0.238 e. The SMILES string of the molecule is COCOc1ccc(C=Cc2ccc(S(N)(=O)=O)cc2)cc1OCOC. The molecule has 8 heteroatoms. The molecule has 0 amide bonds. The van der Waals surface area contributed by atoms with E-state index in [1.54, 1.807) is 24.3 Å². The molecular weight excluding hydrogens is 358 g/mol. The topological polar surface area (TPSA) is 97.1 Å². The summed E-state index contributed by atoms with van der Waals surface area (Å²) in [7, 11) is -0.622. The van der Waals surface area contributed by atoms with E-state index in [0.29, 0.717) is 11.5 Å². The number of methoxy groups -OCH3 is 2. The molecule has 2 rings (SSSR count). The molecule has 0 aliphatic heterocycles. The van der Waals surface area contributed by atoms with E-state index < -0.39 is 10.0 Å². The van der Waals surface area contributed by atoms with Crippen molar-refractivity contribution in [1.82, 2.24) is 0 Å². The Kier molecular flexibility index (Phi) is 7.16. The second kappa shape index (κ2) is 9.35. The molecule has 0 unspecified atom stereocenters. The van der Waals surface area contributed by atoms with Crippen LogP contribution in [0.1, 0.15) is 11.1 Å². The summed E-state index contributed by atoms with van der Waals surface area (Å²) in [5.41, 5.74) is 1.70. The maximum Gasteiger partial charge on any atom is 0.238 e. The summed E-state index contributed by atoms with van der Waals surface area (Å²) in [5, 5.41) is 5.09. The van der Waals surface area contributed by atoms with Gasteiger partial charge in [0.25, 0.3) is 0 Å². The van der Waals surface area contributed by atoms with Crippen LogP contribution in [0.2, 0.25) is 0 Å². The highest BCUT2D eigenvalue weighted by molar-refractivity contribution is 7.89. The van der Waals surface area contributed by atoms with Gasteiger partial charge >= 0.3 is 0 Å². The van der Waals surface area contributed by atoms with Crippen LogP contribution in [0.5, 0.6) is 11.5 Å². The third-order valence-electron chi connectivity index (χ3n) is 3.31. The number of hydrogen-bond donors (Lipinski definition) is 1. The fraction of sp³-hybridized carbons (Fsp3) is 0.222. The molecule has 0 radical (unpaired) electrons. The number of hydrogen-bond acceptors (Lipinski definition) is 6. The van der Waals surface area contributed by atoms with Crippen molar-refractivity contribution in [1.29, 1.82) is 0 Å². The molecule has 2 aromatic carbocycles. The number of benzene rings is 2. The largest absolute Gasteiger partial charge is 0.464 e. The first-order chi connectivity index (χ1) is 12.4. The van der Waals surface area contributed by atoms with Crippen molar-refractivity contribution < 1.29 is 27.4 Å². The zero-order chi connectivity index (χ0) is 19.0. The van der Waals surface area contributed by atoms with E-state index in [1.165, 1.54) is 26.4 Å². The van der Waals surface area contributed by atoms with Gasteiger partial charge in [-0.05, 0) is 35.4 Å². The molecule has 0 fully saturated rings. The van der Waals surface area contributed by atoms with Crippen LogP contribution in [-0.4, -0.2) is 36.2 Å². The van der Waals surface area contributed by atoms with Crippen molar-refractivity contribution in [2.24, 2.45) is 5.14 Å². The maximum atomic E-state index is 11.3. The molecule has 0 saturated heterocycles. The number of ether oxygens (including phenoxy) is 4. The normalized spacial score (nSPS) is 11.7. The fourth-order valence-corrected chi connectivity index (χ4v) is 2.58. The molecule has 140 valence electrons. The van der Waals surface area contributed by atoms with Gasteiger partial charge in [-0.2, -0.15) is 0 Å². The minimum atomic E-state index is -3.69. The maximum absolute atomic E-state index is 11.3. The van der Waals surface area contributed by atoms with E-state index >= 15 is 0 Å². The molecule has 0 aromatic heterocycles. The Balaban J connectivity index is 2.18. The van der Waals surface area contributed by atoms with Gasteiger partial charge < -0.3 is 18.9 Å². The van der Waals surface area contributed by atoms with E-state index in [-0.39, 0.29) is 18.5 Å². The van der Waals surface area contributed by atoms with Crippen molar-refractivity contribution in [3.63, 3.8) is 0 Å². The van der Waals surface area contributed by atoms with Crippen LogP contribution >= 0.6 is 0 Å². The Labute approximate surface area is 153 Å². The summed E-state index contributed by atoms with van der Waals surface area (Å²) >= 11 is 0. The van der Waals surface area contributed by atoms with Gasteiger partial charge in [-0.15, -0.1) is 0 Å². The van der Waals surface area contributed by atoms with Crippen LogP contribution in [0.25, 0.3) is 12.2 Å². The molecule has 0 aliphatic carbocycles. The molecule has 0 spiro atoms. The Bertz CT molecular complexity index is 846. The lowest BCUT2D eigenvalue weighted by molar-refractivity contribution is 0.0322. The van der Waals surface area contributed by atoms with E-state index in [1.807, 2.05) is 18.2 Å². The van der Waals surface area contributed by atoms with Crippen molar-refractivity contribution in [3.05, 3.63) is 53.6 Å². The summed E-state index contributed by atoms with van der Waals surface area (Å²) in [6, 6.07) is 11.7. The molecule has 0 atom stereocenters. The van der Waals surface area contributed by atoms with E-state index in [4.69, 9.17) is 24.1 Å². The van der Waals surface area contributed by atoms with Crippen molar-refractivity contribution in [2.45, 2.75) is 4.90 Å². The average Bonchev–Trinajstić information content (AvgIpc) is 2.63. The molecular formula is C18H21NO6S. The Morgan fingerprint density at radius 1 is 0.846 bits per heavy atom. The molecule has 0 heterocycles. The molecule has 2 N–H and O–H groups in total. The first-order valence-electron chi connectivity index (χ1n) is 7.62. The third-order valence-corrected chi connectivity index (χ3v) is 4.24. The van der Waals surface area contributed by atoms with Crippen molar-refractivity contribution in [2.75, 3.05) is 27.8 Å². The summed E-state index contributed by atoms with van der Waals surface area (Å²) < 4.78 is 43.3. The molecule has 26 heavy (non-hydrogen) atoms. The van der Waals surface area contributed by atoms with Gasteiger partial charge in [-0.3, -0.25) is 0 Å². The van der Waals surface area contributed by atoms with Crippen molar-refractivity contribution >= 4 is 22.2 Å². The summed E-state index contributed by atoms with van der Waals surface area (Å²) in [4.78, 5) is 0.0737. The molecule has 0 bridgehead atoms. The van der Waals surface area contributed by atoms with Crippen LogP contribution in [0.15, 0.2) is 47.4 Å². The highest BCUT2D eigenvalue weighted by Gasteiger charge is 2.07. The van der Waals surface area contributed by atoms with Crippen molar-refractivity contribution in [3.8, 4) is 11.5 Å². The molecule has 7 nitrogen and oxygen atoms in total. The van der Waals surface area contributed by atoms with Crippen LogP contribution < -0.4 is 14.6 Å². The minimum absolute atomic E-state index is 0.0737. The zero-order valence-electron chi connectivity index (χ0n) is 14.5. The second-order valence-corrected chi connectivity index (χ2v) is 6.82. The number of primary sulfonamides is 1. The van der Waals surface area contributed by atoms with Crippen LogP contribution in [0.3, 0.4) is 0 Å². The third kappa shape index (κ3) is 5.85. The fourth-order valence-electron chi connectivity index (χ4n) is 2.07. The predicted molar refractivity (Wildman–Crippen MR) is 98.2 cm³/mol. The number of sulfonamides is 1. The van der Waals surface area contributed by atoms with Gasteiger partial charge in [0.05, 0.1) is 4.90 Å². The number of rotatable bonds is 9. The van der Waals surface area contributed by atoms with Crippen LogP contribution in [0.4, 0.5) is 0 Å². The quantitative estimate of drug-likeness (QED) is 0.531. The van der Waals surface area contributed by atoms with E-state index in [0.717, 1.165) is 11.1 Å². The standard InChI is InChI=1S/C18H21NO6S/c1-22-12-24-17-10-7-15(11-18(17)25-13-23-2)4-3-14-5-8-16(9-6-14)26(19,20)21/h3-11H,12-13H2,1-2H3,(H2,19,20,21). The lowest BCUT2D eigenvalue weighted by atomic mass is 10.1. The molecule has 2 aromatic rings. The molecule has 0 saturated carbocycles. The Morgan fingerprint density at radius 3 is 1.96 bits per heavy atom. The van der Waals surface area contributed by atoms with Gasteiger partial charge in [0, 0.05) is 14.2 Å². The predicted octanol–water partition coefficient (Wildman–Crippen LogP) is 2.47. The molecule has 0 aliphatic rings. The first-order valence-corrected chi connectivity index (χ1v) is 9.17. The minimum Gasteiger partial charge on any atom is -0.464 e. The highest BCUT2D eigenvalue weighted by atomic mass is 32.2. The Hall–Kier alpha value is -2.39. The monoisotopic (exact) mass is 379 g/mol. The van der Waals surface area contributed by atoms with E-state index in [9.17, 15) is 8.42 Å². The van der Waals surface area contributed by atoms with Gasteiger partial charge in [0.1, 0.15) is 0 Å². The lowest BCUT2D eigenvalue weighted by Gasteiger charge is -2.12. The lowest BCUT2D eigenvalue weighted by Crippen LogP contribution is -2.11. The first kappa shape index (κ1) is 19.9. The number of nitrogens with two attached hydrogens (primary N) is 1. The van der Waals surface area contributed by atoms with Crippen LogP contribution in [0, 0.1) is 0 Å². The average molecular weight is 379 g/mol. The van der Waals surface area contributed by atoms with Gasteiger partial charge in [0.15, 0.2) is 25.1 Å². The second-order valence-electron chi connectivity index (χ2n) is 5.26. The van der Waals surface area contributed by atoms with Gasteiger partial charge in [-0.1, -0.05) is 30.4 Å². The Morgan fingerprint density at radius 2 is 1.38 bits per heavy atom. The summed E-state index contributed by atoms with van der Waals surface area (Å²) in [5.74, 6) is 1.06. The van der Waals surface area contributed by atoms with E-state index in [2.05, 4.69) is 0 Å². The summed E-state index contributed by atoms with van der Waals surface area (Å²) in [6.07, 6.45) is 3.71. The zero-order valence-corrected chi connectivity index (χ0v) is 15.4. The van der Waals surface area contributed by atoms with Crippen LogP contribution in [-0.2, 0) is 19.5 Å². The summed E-state index contributed by atoms with van der Waals surface area (Å²) in [6.45, 7) is 0.195. The highest BCUT2D eigenvalue weighted by Crippen LogP contribution is 2.29. The van der Waals surface area contributed by atoms with Gasteiger partial charge in [0.2, 0.25) is 10.0 Å².